The summed E-state index contributed by atoms with van der Waals surface area (Å²) >= 11 is -3.12. The van der Waals surface area contributed by atoms with Gasteiger partial charge in [-0.25, -0.2) is 0 Å². The summed E-state index contributed by atoms with van der Waals surface area (Å²) < 4.78 is 4.38. The average Bonchev–Trinajstić information content (AvgIpc) is 3.66. The Morgan fingerprint density at radius 3 is 1.30 bits per heavy atom. The normalized spacial score (nSPS) is 17.7. The van der Waals surface area contributed by atoms with Crippen molar-refractivity contribution in [1.82, 2.24) is 0 Å². The van der Waals surface area contributed by atoms with Gasteiger partial charge in [-0.1, -0.05) is 0 Å². The van der Waals surface area contributed by atoms with Crippen molar-refractivity contribution in [2.75, 3.05) is 0 Å². The molecule has 0 spiro atoms. The minimum Gasteiger partial charge on any atom is -1.00 e. The third-order valence-electron chi connectivity index (χ3n) is 12.0. The molecule has 0 saturated carbocycles. The molecule has 0 amide bonds. The van der Waals surface area contributed by atoms with Crippen LogP contribution < -0.4 is 24.8 Å². The Bertz CT molecular complexity index is 2110. The molecule has 50 heavy (non-hydrogen) atoms. The fourth-order valence-electron chi connectivity index (χ4n) is 10.0. The molecule has 1 saturated heterocycles. The number of hydrogen-bond donors (Lipinski definition) is 0. The molecule has 1 heterocycles. The van der Waals surface area contributed by atoms with Gasteiger partial charge in [-0.05, 0) is 0 Å². The molecule has 0 N–H and O–H groups in total. The van der Waals surface area contributed by atoms with E-state index in [2.05, 4.69) is 147 Å². The number of allylic oxidation sites excluding steroid dienone is 2. The van der Waals surface area contributed by atoms with Crippen LogP contribution in [0.15, 0.2) is 132 Å². The van der Waals surface area contributed by atoms with E-state index in [1.54, 1.807) is 22.3 Å². The third-order valence-corrected chi connectivity index (χ3v) is 34.4. The van der Waals surface area contributed by atoms with E-state index in [4.69, 9.17) is 0 Å². The molecule has 2 atom stereocenters. The Hall–Kier alpha value is -3.23. The second kappa shape index (κ2) is 14.4. The number of halogens is 2. The first-order valence-corrected chi connectivity index (χ1v) is 27.6. The maximum Gasteiger partial charge on any atom is -1.00 e. The van der Waals surface area contributed by atoms with Crippen LogP contribution in [-0.2, 0) is 20.0 Å². The fraction of sp³-hybridized carbons (Fsp3) is 0.234. The summed E-state index contributed by atoms with van der Waals surface area (Å²) in [6.45, 7) is 4.78. The zero-order valence-electron chi connectivity index (χ0n) is 29.1. The Morgan fingerprint density at radius 2 is 0.880 bits per heavy atom. The summed E-state index contributed by atoms with van der Waals surface area (Å²) in [4.78, 5) is 0. The van der Waals surface area contributed by atoms with E-state index in [1.165, 1.54) is 95.4 Å². The predicted octanol–water partition coefficient (Wildman–Crippen LogP) is 7.91. The van der Waals surface area contributed by atoms with Gasteiger partial charge >= 0.3 is 292 Å². The van der Waals surface area contributed by atoms with E-state index in [0.29, 0.717) is 7.35 Å². The van der Waals surface area contributed by atoms with Crippen molar-refractivity contribution in [1.29, 1.82) is 0 Å². The molecule has 2 unspecified atom stereocenters. The van der Waals surface area contributed by atoms with Crippen LogP contribution in [0, 0.1) is 0 Å². The summed E-state index contributed by atoms with van der Waals surface area (Å²) in [5.41, 5.74) is 15.5. The molecule has 0 radical (unpaired) electrons. The van der Waals surface area contributed by atoms with Gasteiger partial charge in [0.15, 0.2) is 0 Å². The van der Waals surface area contributed by atoms with Crippen LogP contribution in [0.5, 0.6) is 0 Å². The summed E-state index contributed by atoms with van der Waals surface area (Å²) in [7, 11) is 0. The van der Waals surface area contributed by atoms with Crippen LogP contribution in [0.4, 0.5) is 0 Å². The topological polar surface area (TPSA) is 0 Å². The zero-order chi connectivity index (χ0) is 32.2. The molecule has 6 aromatic rings. The molecule has 3 heteroatoms. The Morgan fingerprint density at radius 1 is 0.480 bits per heavy atom. The van der Waals surface area contributed by atoms with E-state index < -0.39 is 20.0 Å². The van der Waals surface area contributed by atoms with Crippen LogP contribution in [0.25, 0.3) is 56.0 Å². The van der Waals surface area contributed by atoms with Crippen molar-refractivity contribution >= 4 is 33.7 Å². The first-order chi connectivity index (χ1) is 23.7. The van der Waals surface area contributed by atoms with Crippen molar-refractivity contribution in [2.45, 2.75) is 61.7 Å². The second-order valence-electron chi connectivity index (χ2n) is 14.6. The molecule has 6 aromatic carbocycles. The SMILES string of the molecule is CCCC1=Cc2c(-c3cccc4ccccc34)cccc2[CH]1[Hf+2]1([CH]2C(CCC)=Cc3c(-c4cccc5ccccc45)cccc32)[CH2]C[CH2]1.[Cl-].[Cl-]. The number of rotatable bonds is 8. The molecule has 250 valence electrons. The van der Waals surface area contributed by atoms with Gasteiger partial charge in [-0.2, -0.15) is 0 Å². The smallest absolute Gasteiger partial charge is 1.00 e. The summed E-state index contributed by atoms with van der Waals surface area (Å²) in [5.74, 6) is 0. The van der Waals surface area contributed by atoms with E-state index in [9.17, 15) is 0 Å². The first-order valence-electron chi connectivity index (χ1n) is 18.3. The van der Waals surface area contributed by atoms with Crippen LogP contribution in [0.1, 0.15) is 75.6 Å². The minimum absolute atomic E-state index is 0. The third kappa shape index (κ3) is 5.51. The van der Waals surface area contributed by atoms with Gasteiger partial charge < -0.3 is 24.8 Å². The molecule has 9 rings (SSSR count). The minimum atomic E-state index is -3.12. The molecule has 0 aromatic heterocycles. The van der Waals surface area contributed by atoms with Gasteiger partial charge in [-0.3, -0.25) is 0 Å². The van der Waals surface area contributed by atoms with Crippen LogP contribution in [0.2, 0.25) is 8.35 Å². The molecule has 1 fully saturated rings. The van der Waals surface area contributed by atoms with Crippen LogP contribution >= 0.6 is 0 Å². The summed E-state index contributed by atoms with van der Waals surface area (Å²) in [6, 6.07) is 46.2. The monoisotopic (exact) mass is 858 g/mol. The van der Waals surface area contributed by atoms with Crippen molar-refractivity contribution < 1.29 is 44.8 Å². The molecular weight excluding hydrogens is 814 g/mol. The van der Waals surface area contributed by atoms with Crippen LogP contribution in [0.3, 0.4) is 0 Å². The van der Waals surface area contributed by atoms with Crippen molar-refractivity contribution in [3.63, 3.8) is 0 Å². The van der Waals surface area contributed by atoms with E-state index in [0.717, 1.165) is 0 Å². The molecule has 1 aliphatic heterocycles. The van der Waals surface area contributed by atoms with Gasteiger partial charge in [-0.15, -0.1) is 0 Å². The zero-order valence-corrected chi connectivity index (χ0v) is 34.2. The Kier molecular flexibility index (Phi) is 10.1. The van der Waals surface area contributed by atoms with Crippen LogP contribution in [-0.4, -0.2) is 0 Å². The molecule has 0 nitrogen and oxygen atoms in total. The van der Waals surface area contributed by atoms with Crippen molar-refractivity contribution in [3.05, 3.63) is 155 Å². The fourth-order valence-corrected chi connectivity index (χ4v) is 32.8. The average molecular weight is 858 g/mol. The largest absolute Gasteiger partial charge is 1.00 e. The van der Waals surface area contributed by atoms with E-state index >= 15 is 0 Å². The standard InChI is InChI=1S/2C22H19.C3H6.2ClH.Hf/c2*1-2-7-16-14-18-10-6-13-21(22(18)15-16)20-12-5-9-17-8-3-4-11-19(17)20;1-3-2;;;/h2*3-6,8-15H,2,7H2,1H3;1-3H2;2*1H;/q;;;;;+2/p-2. The van der Waals surface area contributed by atoms with Gasteiger partial charge in [0.2, 0.25) is 0 Å². The van der Waals surface area contributed by atoms with Crippen molar-refractivity contribution in [2.24, 2.45) is 0 Å². The second-order valence-corrected chi connectivity index (χ2v) is 31.2. The maximum atomic E-state index is 2.69. The molecule has 3 aliphatic rings. The van der Waals surface area contributed by atoms with Gasteiger partial charge in [0.05, 0.1) is 0 Å². The molecule has 2 aliphatic carbocycles. The van der Waals surface area contributed by atoms with Gasteiger partial charge in [0.1, 0.15) is 0 Å². The Balaban J connectivity index is 0.00000196. The maximum absolute atomic E-state index is 3.12. The number of fused-ring (bicyclic) bond motifs is 4. The van der Waals surface area contributed by atoms with E-state index in [1.807, 2.05) is 0 Å². The summed E-state index contributed by atoms with van der Waals surface area (Å²) in [6.07, 6.45) is 11.7. The van der Waals surface area contributed by atoms with Gasteiger partial charge in [0.25, 0.3) is 0 Å². The van der Waals surface area contributed by atoms with Gasteiger partial charge in [0, 0.05) is 0 Å². The van der Waals surface area contributed by atoms with Crippen molar-refractivity contribution in [3.8, 4) is 22.3 Å². The quantitative estimate of drug-likeness (QED) is 0.137. The molecular formula is C47H44Cl2Hf. The molecule has 0 bridgehead atoms. The summed E-state index contributed by atoms with van der Waals surface area (Å²) in [5, 5.41) is 5.39. The number of benzene rings is 6. The predicted molar refractivity (Wildman–Crippen MR) is 204 cm³/mol. The Labute approximate surface area is 314 Å². The first kappa shape index (κ1) is 35.2. The number of hydrogen-bond acceptors (Lipinski definition) is 0. The van der Waals surface area contributed by atoms with E-state index in [-0.39, 0.29) is 24.8 Å².